The first-order chi connectivity index (χ1) is 8.39. The smallest absolute Gasteiger partial charge is 0.407 e. The lowest BCUT2D eigenvalue weighted by atomic mass is 10.0. The lowest BCUT2D eigenvalue weighted by Gasteiger charge is -2.23. The van der Waals surface area contributed by atoms with Gasteiger partial charge in [-0.3, -0.25) is 0 Å². The van der Waals surface area contributed by atoms with Crippen molar-refractivity contribution in [1.82, 2.24) is 5.32 Å². The standard InChI is InChI=1S/C15H29NO2/c1-6-8-9-10-12-13(11-7-2)16-14(17)18-15(3,4)5/h6,13H,1,7-12H2,2-5H3,(H,16,17). The van der Waals surface area contributed by atoms with Crippen LogP contribution < -0.4 is 5.32 Å². The van der Waals surface area contributed by atoms with Gasteiger partial charge in [0.25, 0.3) is 0 Å². The Kier molecular flexibility index (Phi) is 8.51. The highest BCUT2D eigenvalue weighted by atomic mass is 16.6. The largest absolute Gasteiger partial charge is 0.444 e. The number of hydrogen-bond donors (Lipinski definition) is 1. The quantitative estimate of drug-likeness (QED) is 0.515. The van der Waals surface area contributed by atoms with Gasteiger partial charge in [0.2, 0.25) is 0 Å². The molecule has 106 valence electrons. The summed E-state index contributed by atoms with van der Waals surface area (Å²) < 4.78 is 5.28. The molecule has 0 aromatic carbocycles. The van der Waals surface area contributed by atoms with Gasteiger partial charge in [0.1, 0.15) is 5.60 Å². The van der Waals surface area contributed by atoms with Crippen molar-refractivity contribution in [3.8, 4) is 0 Å². The molecule has 0 aromatic rings. The lowest BCUT2D eigenvalue weighted by molar-refractivity contribution is 0.0498. The van der Waals surface area contributed by atoms with E-state index in [1.165, 1.54) is 0 Å². The van der Waals surface area contributed by atoms with Crippen molar-refractivity contribution < 1.29 is 9.53 Å². The number of nitrogens with one attached hydrogen (secondary N) is 1. The third-order valence-electron chi connectivity index (χ3n) is 2.57. The number of carbonyl (C=O) groups excluding carboxylic acids is 1. The minimum atomic E-state index is -0.427. The fourth-order valence-corrected chi connectivity index (χ4v) is 1.79. The van der Waals surface area contributed by atoms with E-state index < -0.39 is 5.60 Å². The fraction of sp³-hybridized carbons (Fsp3) is 0.800. The molecule has 0 aliphatic heterocycles. The summed E-state index contributed by atoms with van der Waals surface area (Å²) in [5.74, 6) is 0. The van der Waals surface area contributed by atoms with Crippen LogP contribution in [0.3, 0.4) is 0 Å². The molecule has 0 aliphatic carbocycles. The van der Waals surface area contributed by atoms with Crippen molar-refractivity contribution in [1.29, 1.82) is 0 Å². The molecule has 0 spiro atoms. The molecular formula is C15H29NO2. The fourth-order valence-electron chi connectivity index (χ4n) is 1.79. The molecule has 0 saturated heterocycles. The van der Waals surface area contributed by atoms with Gasteiger partial charge in [0.05, 0.1) is 0 Å². The lowest BCUT2D eigenvalue weighted by Crippen LogP contribution is -2.39. The molecule has 0 bridgehead atoms. The van der Waals surface area contributed by atoms with Crippen molar-refractivity contribution in [2.24, 2.45) is 0 Å². The Morgan fingerprint density at radius 2 is 2.00 bits per heavy atom. The van der Waals surface area contributed by atoms with E-state index in [2.05, 4.69) is 18.8 Å². The van der Waals surface area contributed by atoms with Crippen LogP contribution in [0.25, 0.3) is 0 Å². The third-order valence-corrected chi connectivity index (χ3v) is 2.57. The summed E-state index contributed by atoms with van der Waals surface area (Å²) in [5, 5.41) is 2.96. The summed E-state index contributed by atoms with van der Waals surface area (Å²) in [5.41, 5.74) is -0.427. The van der Waals surface area contributed by atoms with E-state index in [1.54, 1.807) is 0 Å². The van der Waals surface area contributed by atoms with Crippen LogP contribution in [0.5, 0.6) is 0 Å². The third kappa shape index (κ3) is 10.2. The minimum Gasteiger partial charge on any atom is -0.444 e. The summed E-state index contributed by atoms with van der Waals surface area (Å²) in [6.45, 7) is 11.5. The number of carbonyl (C=O) groups is 1. The first-order valence-electron chi connectivity index (χ1n) is 6.99. The molecule has 1 N–H and O–H groups in total. The van der Waals surface area contributed by atoms with Gasteiger partial charge in [-0.2, -0.15) is 0 Å². The van der Waals surface area contributed by atoms with Crippen molar-refractivity contribution >= 4 is 6.09 Å². The van der Waals surface area contributed by atoms with E-state index in [4.69, 9.17) is 4.74 Å². The highest BCUT2D eigenvalue weighted by Gasteiger charge is 2.18. The molecule has 0 fully saturated rings. The van der Waals surface area contributed by atoms with E-state index in [0.717, 1.165) is 38.5 Å². The van der Waals surface area contributed by atoms with Crippen molar-refractivity contribution in [3.63, 3.8) is 0 Å². The molecule has 0 saturated carbocycles. The zero-order valence-electron chi connectivity index (χ0n) is 12.4. The predicted molar refractivity (Wildman–Crippen MR) is 76.7 cm³/mol. The highest BCUT2D eigenvalue weighted by molar-refractivity contribution is 5.68. The van der Waals surface area contributed by atoms with Crippen LogP contribution in [0.15, 0.2) is 12.7 Å². The number of alkyl carbamates (subject to hydrolysis) is 1. The van der Waals surface area contributed by atoms with Crippen molar-refractivity contribution in [3.05, 3.63) is 12.7 Å². The Hall–Kier alpha value is -0.990. The van der Waals surface area contributed by atoms with E-state index in [0.29, 0.717) is 0 Å². The SMILES string of the molecule is C=CCCCCC(CCC)NC(=O)OC(C)(C)C. The Morgan fingerprint density at radius 3 is 2.50 bits per heavy atom. The highest BCUT2D eigenvalue weighted by Crippen LogP contribution is 2.11. The molecule has 3 nitrogen and oxygen atoms in total. The summed E-state index contributed by atoms with van der Waals surface area (Å²) in [4.78, 5) is 11.7. The van der Waals surface area contributed by atoms with Gasteiger partial charge < -0.3 is 10.1 Å². The van der Waals surface area contributed by atoms with Gasteiger partial charge in [-0.25, -0.2) is 4.79 Å². The van der Waals surface area contributed by atoms with Gasteiger partial charge >= 0.3 is 6.09 Å². The van der Waals surface area contributed by atoms with E-state index >= 15 is 0 Å². The van der Waals surface area contributed by atoms with Crippen LogP contribution in [0.1, 0.15) is 66.2 Å². The number of amides is 1. The molecule has 0 radical (unpaired) electrons. The van der Waals surface area contributed by atoms with Crippen LogP contribution in [0, 0.1) is 0 Å². The van der Waals surface area contributed by atoms with Gasteiger partial charge in [-0.1, -0.05) is 25.8 Å². The average Bonchev–Trinajstić information content (AvgIpc) is 2.21. The maximum absolute atomic E-state index is 11.7. The van der Waals surface area contributed by atoms with Gasteiger partial charge in [0, 0.05) is 6.04 Å². The molecule has 1 atom stereocenters. The molecule has 0 rings (SSSR count). The Balaban J connectivity index is 4.01. The number of allylic oxidation sites excluding steroid dienone is 1. The van der Waals surface area contributed by atoms with Gasteiger partial charge in [-0.15, -0.1) is 6.58 Å². The van der Waals surface area contributed by atoms with Crippen molar-refractivity contribution in [2.75, 3.05) is 0 Å². The topological polar surface area (TPSA) is 38.3 Å². The maximum Gasteiger partial charge on any atom is 0.407 e. The summed E-state index contributed by atoms with van der Waals surface area (Å²) >= 11 is 0. The maximum atomic E-state index is 11.7. The second-order valence-electron chi connectivity index (χ2n) is 5.70. The van der Waals surface area contributed by atoms with E-state index in [-0.39, 0.29) is 12.1 Å². The minimum absolute atomic E-state index is 0.231. The van der Waals surface area contributed by atoms with Gasteiger partial charge in [-0.05, 0) is 46.5 Å². The first kappa shape index (κ1) is 17.0. The zero-order valence-corrected chi connectivity index (χ0v) is 12.4. The molecular weight excluding hydrogens is 226 g/mol. The Morgan fingerprint density at radius 1 is 1.33 bits per heavy atom. The molecule has 0 aromatic heterocycles. The van der Waals surface area contributed by atoms with E-state index in [9.17, 15) is 4.79 Å². The second kappa shape index (κ2) is 9.01. The number of rotatable bonds is 8. The average molecular weight is 255 g/mol. The number of ether oxygens (including phenoxy) is 1. The van der Waals surface area contributed by atoms with E-state index in [1.807, 2.05) is 26.8 Å². The van der Waals surface area contributed by atoms with Crippen LogP contribution >= 0.6 is 0 Å². The number of hydrogen-bond acceptors (Lipinski definition) is 2. The normalized spacial score (nSPS) is 12.9. The van der Waals surface area contributed by atoms with Crippen LogP contribution in [0.2, 0.25) is 0 Å². The van der Waals surface area contributed by atoms with Crippen LogP contribution in [-0.2, 0) is 4.74 Å². The van der Waals surface area contributed by atoms with Gasteiger partial charge in [0.15, 0.2) is 0 Å². The molecule has 0 heterocycles. The first-order valence-corrected chi connectivity index (χ1v) is 6.99. The zero-order chi connectivity index (χ0) is 14.0. The second-order valence-corrected chi connectivity index (χ2v) is 5.70. The molecule has 1 unspecified atom stereocenters. The molecule has 0 aliphatic rings. The Labute approximate surface area is 112 Å². The van der Waals surface area contributed by atoms with Crippen molar-refractivity contribution in [2.45, 2.75) is 77.9 Å². The summed E-state index contributed by atoms with van der Waals surface area (Å²) in [6, 6.07) is 0.231. The Bertz CT molecular complexity index is 243. The van der Waals surface area contributed by atoms with Crippen LogP contribution in [0.4, 0.5) is 4.79 Å². The summed E-state index contributed by atoms with van der Waals surface area (Å²) in [7, 11) is 0. The molecule has 1 amide bonds. The summed E-state index contributed by atoms with van der Waals surface area (Å²) in [6.07, 6.45) is 8.04. The number of unbranched alkanes of at least 4 members (excludes halogenated alkanes) is 2. The van der Waals surface area contributed by atoms with Crippen LogP contribution in [-0.4, -0.2) is 17.7 Å². The molecule has 3 heteroatoms. The molecule has 18 heavy (non-hydrogen) atoms. The predicted octanol–water partition coefficient (Wildman–Crippen LogP) is 4.43. The monoisotopic (exact) mass is 255 g/mol.